The molecule has 1 heterocycles. The Balaban J connectivity index is 2.14. The smallest absolute Gasteiger partial charge is 0.142 e. The molecule has 0 amide bonds. The van der Waals surface area contributed by atoms with Gasteiger partial charge < -0.3 is 14.5 Å². The predicted molar refractivity (Wildman–Crippen MR) is 84.1 cm³/mol. The number of hydrogen-bond donors (Lipinski definition) is 0. The molecule has 20 heavy (non-hydrogen) atoms. The van der Waals surface area contributed by atoms with E-state index in [1.807, 2.05) is 12.1 Å². The van der Waals surface area contributed by atoms with E-state index in [0.717, 1.165) is 18.0 Å². The molecule has 0 saturated carbocycles. The normalized spacial score (nSPS) is 17.2. The Morgan fingerprint density at radius 1 is 0.950 bits per heavy atom. The summed E-state index contributed by atoms with van der Waals surface area (Å²) in [6.45, 7) is 5.42. The van der Waals surface area contributed by atoms with Gasteiger partial charge in [-0.25, -0.2) is 0 Å². The molecule has 0 bridgehead atoms. The molecule has 104 valence electrons. The van der Waals surface area contributed by atoms with Gasteiger partial charge in [0.2, 0.25) is 0 Å². The van der Waals surface area contributed by atoms with Crippen molar-refractivity contribution in [2.75, 3.05) is 23.5 Å². The van der Waals surface area contributed by atoms with E-state index >= 15 is 0 Å². The maximum Gasteiger partial charge on any atom is 0.142 e. The van der Waals surface area contributed by atoms with E-state index in [1.165, 1.54) is 11.4 Å². The number of anilines is 3. The third-order valence-corrected chi connectivity index (χ3v) is 3.96. The van der Waals surface area contributed by atoms with Gasteiger partial charge in [-0.3, -0.25) is 0 Å². The summed E-state index contributed by atoms with van der Waals surface area (Å²) in [5.41, 5.74) is 3.64. The highest BCUT2D eigenvalue weighted by molar-refractivity contribution is 5.85. The van der Waals surface area contributed by atoms with Gasteiger partial charge in [-0.2, -0.15) is 0 Å². The summed E-state index contributed by atoms with van der Waals surface area (Å²) in [5, 5.41) is 0. The highest BCUT2D eigenvalue weighted by Crippen LogP contribution is 2.46. The fraction of sp³-hybridized carbons (Fsp3) is 0.294. The molecule has 2 aromatic rings. The Hall–Kier alpha value is -2.16. The Kier molecular flexibility index (Phi) is 3.26. The second-order valence-corrected chi connectivity index (χ2v) is 4.95. The van der Waals surface area contributed by atoms with E-state index < -0.39 is 0 Å². The van der Waals surface area contributed by atoms with Gasteiger partial charge >= 0.3 is 0 Å². The number of fused-ring (bicyclic) bond motifs is 1. The Morgan fingerprint density at radius 3 is 2.20 bits per heavy atom. The SMILES string of the molecule is CCN1c2ccccc2N(c2ccccc2OC)[C@H]1C. The van der Waals surface area contributed by atoms with Crippen LogP contribution < -0.4 is 14.5 Å². The first kappa shape index (κ1) is 12.9. The quantitative estimate of drug-likeness (QED) is 0.836. The Bertz CT molecular complexity index is 611. The highest BCUT2D eigenvalue weighted by atomic mass is 16.5. The van der Waals surface area contributed by atoms with Gasteiger partial charge in [-0.05, 0) is 38.1 Å². The van der Waals surface area contributed by atoms with E-state index in [1.54, 1.807) is 7.11 Å². The second-order valence-electron chi connectivity index (χ2n) is 4.95. The number of benzene rings is 2. The summed E-state index contributed by atoms with van der Waals surface area (Å²) in [5.74, 6) is 0.909. The van der Waals surface area contributed by atoms with Crippen LogP contribution in [-0.2, 0) is 0 Å². The lowest BCUT2D eigenvalue weighted by Gasteiger charge is -2.30. The van der Waals surface area contributed by atoms with Crippen LogP contribution in [-0.4, -0.2) is 19.8 Å². The Morgan fingerprint density at radius 2 is 1.55 bits per heavy atom. The zero-order chi connectivity index (χ0) is 14.1. The summed E-state index contributed by atoms with van der Waals surface area (Å²) < 4.78 is 5.53. The van der Waals surface area contributed by atoms with Crippen LogP contribution >= 0.6 is 0 Å². The van der Waals surface area contributed by atoms with Crippen LogP contribution in [0, 0.1) is 0 Å². The summed E-state index contributed by atoms with van der Waals surface area (Å²) >= 11 is 0. The van der Waals surface area contributed by atoms with Crippen molar-refractivity contribution in [2.24, 2.45) is 0 Å². The lowest BCUT2D eigenvalue weighted by atomic mass is 10.2. The fourth-order valence-corrected chi connectivity index (χ4v) is 3.05. The average molecular weight is 268 g/mol. The average Bonchev–Trinajstić information content (AvgIpc) is 2.78. The minimum absolute atomic E-state index is 0.286. The molecule has 0 radical (unpaired) electrons. The molecule has 0 spiro atoms. The molecule has 0 unspecified atom stereocenters. The van der Waals surface area contributed by atoms with Gasteiger partial charge in [0.15, 0.2) is 0 Å². The molecule has 1 atom stereocenters. The van der Waals surface area contributed by atoms with Crippen LogP contribution in [0.25, 0.3) is 0 Å². The van der Waals surface area contributed by atoms with Gasteiger partial charge in [0, 0.05) is 6.54 Å². The molecule has 0 N–H and O–H groups in total. The first-order valence-electron chi connectivity index (χ1n) is 7.05. The first-order chi connectivity index (χ1) is 9.77. The van der Waals surface area contributed by atoms with Gasteiger partial charge in [0.25, 0.3) is 0 Å². The monoisotopic (exact) mass is 268 g/mol. The van der Waals surface area contributed by atoms with Gasteiger partial charge in [0.05, 0.1) is 24.2 Å². The lowest BCUT2D eigenvalue weighted by Crippen LogP contribution is -2.38. The van der Waals surface area contributed by atoms with Crippen LogP contribution in [0.1, 0.15) is 13.8 Å². The molecule has 0 aliphatic carbocycles. The van der Waals surface area contributed by atoms with Crippen LogP contribution in [0.15, 0.2) is 48.5 Å². The Labute approximate surface area is 120 Å². The van der Waals surface area contributed by atoms with E-state index in [0.29, 0.717) is 0 Å². The van der Waals surface area contributed by atoms with Crippen molar-refractivity contribution in [1.29, 1.82) is 0 Å². The molecule has 3 rings (SSSR count). The third kappa shape index (κ3) is 1.82. The molecule has 0 aromatic heterocycles. The minimum Gasteiger partial charge on any atom is -0.495 e. The second kappa shape index (κ2) is 5.08. The van der Waals surface area contributed by atoms with Crippen molar-refractivity contribution in [3.8, 4) is 5.75 Å². The summed E-state index contributed by atoms with van der Waals surface area (Å²) in [4.78, 5) is 4.75. The highest BCUT2D eigenvalue weighted by Gasteiger charge is 2.33. The number of methoxy groups -OCH3 is 1. The molecular formula is C17H20N2O. The summed E-state index contributed by atoms with van der Waals surface area (Å²) in [6.07, 6.45) is 0.286. The first-order valence-corrected chi connectivity index (χ1v) is 7.05. The molecule has 0 fully saturated rings. The molecule has 0 saturated heterocycles. The van der Waals surface area contributed by atoms with Gasteiger partial charge in [-0.15, -0.1) is 0 Å². The van der Waals surface area contributed by atoms with Crippen LogP contribution in [0.5, 0.6) is 5.75 Å². The number of rotatable bonds is 3. The maximum absolute atomic E-state index is 5.53. The van der Waals surface area contributed by atoms with Crippen LogP contribution in [0.2, 0.25) is 0 Å². The van der Waals surface area contributed by atoms with Crippen LogP contribution in [0.4, 0.5) is 17.1 Å². The zero-order valence-electron chi connectivity index (χ0n) is 12.2. The zero-order valence-corrected chi connectivity index (χ0v) is 12.2. The maximum atomic E-state index is 5.53. The molecule has 3 nitrogen and oxygen atoms in total. The van der Waals surface area contributed by atoms with Crippen LogP contribution in [0.3, 0.4) is 0 Å². The molecular weight excluding hydrogens is 248 g/mol. The third-order valence-electron chi connectivity index (χ3n) is 3.96. The van der Waals surface area contributed by atoms with E-state index in [4.69, 9.17) is 4.74 Å². The van der Waals surface area contributed by atoms with E-state index in [2.05, 4.69) is 60.0 Å². The molecule has 1 aliphatic heterocycles. The number of para-hydroxylation sites is 4. The van der Waals surface area contributed by atoms with Gasteiger partial charge in [0.1, 0.15) is 11.9 Å². The molecule has 2 aromatic carbocycles. The fourth-order valence-electron chi connectivity index (χ4n) is 3.05. The largest absolute Gasteiger partial charge is 0.495 e. The molecule has 1 aliphatic rings. The van der Waals surface area contributed by atoms with Crippen molar-refractivity contribution >= 4 is 17.1 Å². The summed E-state index contributed by atoms with van der Waals surface area (Å²) in [6, 6.07) is 16.7. The van der Waals surface area contributed by atoms with Crippen molar-refractivity contribution in [1.82, 2.24) is 0 Å². The van der Waals surface area contributed by atoms with E-state index in [-0.39, 0.29) is 6.17 Å². The van der Waals surface area contributed by atoms with Gasteiger partial charge in [-0.1, -0.05) is 24.3 Å². The van der Waals surface area contributed by atoms with Crippen molar-refractivity contribution in [3.05, 3.63) is 48.5 Å². The van der Waals surface area contributed by atoms with E-state index in [9.17, 15) is 0 Å². The molecule has 3 heteroatoms. The number of ether oxygens (including phenoxy) is 1. The topological polar surface area (TPSA) is 15.7 Å². The predicted octanol–water partition coefficient (Wildman–Crippen LogP) is 4.02. The standard InChI is InChI=1S/C17H20N2O/c1-4-18-13(2)19(15-10-6-5-9-14(15)18)16-11-7-8-12-17(16)20-3/h5-13H,4H2,1-3H3/t13-/m0/s1. The number of nitrogens with zero attached hydrogens (tertiary/aromatic N) is 2. The summed E-state index contributed by atoms with van der Waals surface area (Å²) in [7, 11) is 1.73. The number of hydrogen-bond acceptors (Lipinski definition) is 3. The van der Waals surface area contributed by atoms with Crippen molar-refractivity contribution in [3.63, 3.8) is 0 Å². The minimum atomic E-state index is 0.286. The lowest BCUT2D eigenvalue weighted by molar-refractivity contribution is 0.414. The van der Waals surface area contributed by atoms with Crippen molar-refractivity contribution < 1.29 is 4.74 Å². The van der Waals surface area contributed by atoms with Crippen molar-refractivity contribution in [2.45, 2.75) is 20.0 Å².